The predicted octanol–water partition coefficient (Wildman–Crippen LogP) is 2.08. The standard InChI is InChI=1S/C17H14N4O4/c1-24-14-3-2-6-21-16(14)20-15(11(8-22)17(21)23)19-10-4-5-13-12(7-10)18-9-25-13/h2-7,9,19,22H,8H2,1H3. The number of fused-ring (bicyclic) bond motifs is 2. The summed E-state index contributed by atoms with van der Waals surface area (Å²) in [5.41, 5.74) is 2.15. The molecule has 0 radical (unpaired) electrons. The molecule has 8 heteroatoms. The van der Waals surface area contributed by atoms with Crippen molar-refractivity contribution in [3.05, 3.63) is 58.8 Å². The number of anilines is 2. The molecule has 3 aromatic heterocycles. The van der Waals surface area contributed by atoms with Crippen LogP contribution in [0, 0.1) is 0 Å². The maximum atomic E-state index is 12.6. The number of rotatable bonds is 4. The van der Waals surface area contributed by atoms with Crippen LogP contribution in [0.1, 0.15) is 5.56 Å². The zero-order chi connectivity index (χ0) is 17.4. The van der Waals surface area contributed by atoms with E-state index in [4.69, 9.17) is 9.15 Å². The molecule has 0 aliphatic rings. The minimum Gasteiger partial charge on any atom is -0.493 e. The third kappa shape index (κ3) is 2.48. The Kier molecular flexibility index (Phi) is 3.58. The number of nitrogens with one attached hydrogen (secondary N) is 1. The van der Waals surface area contributed by atoms with Gasteiger partial charge in [0.2, 0.25) is 0 Å². The third-order valence-corrected chi connectivity index (χ3v) is 3.88. The lowest BCUT2D eigenvalue weighted by Crippen LogP contribution is -2.22. The van der Waals surface area contributed by atoms with Gasteiger partial charge in [-0.15, -0.1) is 0 Å². The summed E-state index contributed by atoms with van der Waals surface area (Å²) >= 11 is 0. The van der Waals surface area contributed by atoms with Gasteiger partial charge in [-0.1, -0.05) is 0 Å². The number of nitrogens with zero attached hydrogens (tertiary/aromatic N) is 3. The molecule has 25 heavy (non-hydrogen) atoms. The van der Waals surface area contributed by atoms with E-state index in [0.717, 1.165) is 0 Å². The second-order valence-corrected chi connectivity index (χ2v) is 5.33. The number of aliphatic hydroxyl groups excluding tert-OH is 1. The second kappa shape index (κ2) is 5.91. The normalized spacial score (nSPS) is 11.1. The number of hydrogen-bond acceptors (Lipinski definition) is 7. The molecule has 0 spiro atoms. The third-order valence-electron chi connectivity index (χ3n) is 3.88. The minimum absolute atomic E-state index is 0.158. The second-order valence-electron chi connectivity index (χ2n) is 5.33. The summed E-state index contributed by atoms with van der Waals surface area (Å²) in [7, 11) is 1.51. The molecule has 4 rings (SSSR count). The molecular weight excluding hydrogens is 324 g/mol. The Morgan fingerprint density at radius 1 is 1.36 bits per heavy atom. The number of ether oxygens (including phenoxy) is 1. The number of pyridine rings is 1. The zero-order valence-electron chi connectivity index (χ0n) is 13.3. The van der Waals surface area contributed by atoms with Crippen LogP contribution >= 0.6 is 0 Å². The Hall–Kier alpha value is -3.39. The van der Waals surface area contributed by atoms with E-state index in [2.05, 4.69) is 15.3 Å². The first-order chi connectivity index (χ1) is 12.2. The number of aromatic nitrogens is 3. The molecule has 4 aromatic rings. The van der Waals surface area contributed by atoms with Gasteiger partial charge in [0.1, 0.15) is 11.3 Å². The van der Waals surface area contributed by atoms with Crippen molar-refractivity contribution in [3.63, 3.8) is 0 Å². The van der Waals surface area contributed by atoms with E-state index in [0.29, 0.717) is 28.2 Å². The van der Waals surface area contributed by atoms with E-state index in [-0.39, 0.29) is 16.9 Å². The Bertz CT molecular complexity index is 1130. The van der Waals surface area contributed by atoms with Crippen LogP contribution in [0.2, 0.25) is 0 Å². The summed E-state index contributed by atoms with van der Waals surface area (Å²) in [5.74, 6) is 0.721. The van der Waals surface area contributed by atoms with Crippen molar-refractivity contribution in [2.24, 2.45) is 0 Å². The fourth-order valence-electron chi connectivity index (χ4n) is 2.65. The predicted molar refractivity (Wildman–Crippen MR) is 91.2 cm³/mol. The van der Waals surface area contributed by atoms with Crippen molar-refractivity contribution in [2.45, 2.75) is 6.61 Å². The Labute approximate surface area is 141 Å². The molecule has 0 bridgehead atoms. The molecule has 0 unspecified atom stereocenters. The van der Waals surface area contributed by atoms with Gasteiger partial charge in [0.05, 0.1) is 19.3 Å². The van der Waals surface area contributed by atoms with Crippen molar-refractivity contribution in [1.82, 2.24) is 14.4 Å². The molecular formula is C17H14N4O4. The Morgan fingerprint density at radius 2 is 2.24 bits per heavy atom. The van der Waals surface area contributed by atoms with E-state index in [1.807, 2.05) is 0 Å². The topological polar surface area (TPSA) is 102 Å². The van der Waals surface area contributed by atoms with Crippen LogP contribution in [-0.2, 0) is 6.61 Å². The summed E-state index contributed by atoms with van der Waals surface area (Å²) in [4.78, 5) is 21.2. The average molecular weight is 338 g/mol. The molecule has 0 aliphatic carbocycles. The molecule has 126 valence electrons. The van der Waals surface area contributed by atoms with Crippen LogP contribution < -0.4 is 15.6 Å². The molecule has 0 saturated carbocycles. The van der Waals surface area contributed by atoms with E-state index in [1.54, 1.807) is 36.5 Å². The van der Waals surface area contributed by atoms with Gasteiger partial charge in [0.15, 0.2) is 23.4 Å². The first-order valence-electron chi connectivity index (χ1n) is 7.50. The van der Waals surface area contributed by atoms with Crippen molar-refractivity contribution < 1.29 is 14.3 Å². The van der Waals surface area contributed by atoms with Gasteiger partial charge in [0, 0.05) is 11.9 Å². The Balaban J connectivity index is 1.88. The number of methoxy groups -OCH3 is 1. The van der Waals surface area contributed by atoms with Crippen LogP contribution in [0.3, 0.4) is 0 Å². The molecule has 0 aliphatic heterocycles. The van der Waals surface area contributed by atoms with Gasteiger partial charge < -0.3 is 19.6 Å². The molecule has 1 aromatic carbocycles. The van der Waals surface area contributed by atoms with Crippen LogP contribution in [0.15, 0.2) is 52.1 Å². The number of benzene rings is 1. The van der Waals surface area contributed by atoms with Gasteiger partial charge >= 0.3 is 0 Å². The molecule has 8 nitrogen and oxygen atoms in total. The zero-order valence-corrected chi connectivity index (χ0v) is 13.3. The Morgan fingerprint density at radius 3 is 3.04 bits per heavy atom. The molecule has 2 N–H and O–H groups in total. The molecule has 0 fully saturated rings. The van der Waals surface area contributed by atoms with E-state index < -0.39 is 6.61 Å². The van der Waals surface area contributed by atoms with E-state index >= 15 is 0 Å². The van der Waals surface area contributed by atoms with E-state index in [1.165, 1.54) is 17.9 Å². The quantitative estimate of drug-likeness (QED) is 0.587. The summed E-state index contributed by atoms with van der Waals surface area (Å²) < 4.78 is 11.8. The molecule has 0 atom stereocenters. The highest BCUT2D eigenvalue weighted by Gasteiger charge is 2.15. The summed E-state index contributed by atoms with van der Waals surface area (Å²) in [6, 6.07) is 8.71. The fourth-order valence-corrected chi connectivity index (χ4v) is 2.65. The van der Waals surface area contributed by atoms with Crippen LogP contribution in [-0.4, -0.2) is 26.6 Å². The van der Waals surface area contributed by atoms with Gasteiger partial charge in [0.25, 0.3) is 5.56 Å². The number of aliphatic hydroxyl groups is 1. The highest BCUT2D eigenvalue weighted by Crippen LogP contribution is 2.24. The smallest absolute Gasteiger partial charge is 0.265 e. The minimum atomic E-state index is -0.444. The molecule has 3 heterocycles. The lowest BCUT2D eigenvalue weighted by Gasteiger charge is -2.13. The van der Waals surface area contributed by atoms with Gasteiger partial charge in [-0.3, -0.25) is 9.20 Å². The maximum absolute atomic E-state index is 12.6. The molecule has 0 saturated heterocycles. The van der Waals surface area contributed by atoms with Gasteiger partial charge in [-0.25, -0.2) is 9.97 Å². The monoisotopic (exact) mass is 338 g/mol. The van der Waals surface area contributed by atoms with Crippen LogP contribution in [0.4, 0.5) is 11.5 Å². The molecule has 0 amide bonds. The van der Waals surface area contributed by atoms with E-state index in [9.17, 15) is 9.90 Å². The largest absolute Gasteiger partial charge is 0.493 e. The summed E-state index contributed by atoms with van der Waals surface area (Å²) in [6.45, 7) is -0.444. The van der Waals surface area contributed by atoms with Gasteiger partial charge in [-0.05, 0) is 30.3 Å². The van der Waals surface area contributed by atoms with Crippen molar-refractivity contribution in [2.75, 3.05) is 12.4 Å². The number of oxazole rings is 1. The van der Waals surface area contributed by atoms with Crippen molar-refractivity contribution in [1.29, 1.82) is 0 Å². The van der Waals surface area contributed by atoms with Crippen LogP contribution in [0.25, 0.3) is 16.7 Å². The first-order valence-corrected chi connectivity index (χ1v) is 7.50. The SMILES string of the molecule is COc1cccn2c(=O)c(CO)c(Nc3ccc4ocnc4c3)nc12. The summed E-state index contributed by atoms with van der Waals surface area (Å²) in [6.07, 6.45) is 2.94. The van der Waals surface area contributed by atoms with Crippen molar-refractivity contribution in [3.8, 4) is 5.75 Å². The summed E-state index contributed by atoms with van der Waals surface area (Å²) in [5, 5.41) is 12.7. The highest BCUT2D eigenvalue weighted by atomic mass is 16.5. The first kappa shape index (κ1) is 15.2. The lowest BCUT2D eigenvalue weighted by molar-refractivity contribution is 0.280. The van der Waals surface area contributed by atoms with Gasteiger partial charge in [-0.2, -0.15) is 0 Å². The maximum Gasteiger partial charge on any atom is 0.265 e. The lowest BCUT2D eigenvalue weighted by atomic mass is 10.2. The fraction of sp³-hybridized carbons (Fsp3) is 0.118. The average Bonchev–Trinajstić information content (AvgIpc) is 3.09. The highest BCUT2D eigenvalue weighted by molar-refractivity contribution is 5.78. The van der Waals surface area contributed by atoms with Crippen LogP contribution in [0.5, 0.6) is 5.75 Å². The number of hydrogen-bond donors (Lipinski definition) is 2. The van der Waals surface area contributed by atoms with Crippen molar-refractivity contribution >= 4 is 28.3 Å².